The van der Waals surface area contributed by atoms with E-state index in [1.165, 1.54) is 12.1 Å². The highest BCUT2D eigenvalue weighted by Gasteiger charge is 2.03. The number of anilines is 1. The van der Waals surface area contributed by atoms with E-state index >= 15 is 0 Å². The first kappa shape index (κ1) is 8.86. The van der Waals surface area contributed by atoms with E-state index in [0.29, 0.717) is 4.47 Å². The molecule has 1 aromatic carbocycles. The predicted octanol–water partition coefficient (Wildman–Crippen LogP) is 2.24. The molecule has 5 heteroatoms. The maximum absolute atomic E-state index is 10.2. The third kappa shape index (κ3) is 2.13. The lowest BCUT2D eigenvalue weighted by Crippen LogP contribution is -2.06. The first-order chi connectivity index (χ1) is 5.59. The topological polar surface area (TPSA) is 69.6 Å². The van der Waals surface area contributed by atoms with Gasteiger partial charge in [0.05, 0.1) is 5.69 Å². The normalized spacial score (nSPS) is 9.42. The highest BCUT2D eigenvalue weighted by Crippen LogP contribution is 2.26. The number of phenolic OH excluding ortho intramolecular Hbond substituents is 1. The van der Waals surface area contributed by atoms with Crippen LogP contribution in [0.15, 0.2) is 22.7 Å². The minimum absolute atomic E-state index is 0.105. The van der Waals surface area contributed by atoms with Crippen LogP contribution in [0.1, 0.15) is 0 Å². The number of nitrogens with one attached hydrogen (secondary N) is 1. The van der Waals surface area contributed by atoms with Crippen LogP contribution in [0.25, 0.3) is 0 Å². The fourth-order valence-electron chi connectivity index (χ4n) is 0.726. The molecule has 3 N–H and O–H groups in total. The van der Waals surface area contributed by atoms with E-state index in [1.807, 2.05) is 5.32 Å². The maximum Gasteiger partial charge on any atom is 0.409 e. The van der Waals surface area contributed by atoms with Crippen molar-refractivity contribution >= 4 is 27.7 Å². The van der Waals surface area contributed by atoms with Gasteiger partial charge in [-0.15, -0.1) is 0 Å². The van der Waals surface area contributed by atoms with Gasteiger partial charge in [0.2, 0.25) is 0 Å². The monoisotopic (exact) mass is 231 g/mol. The minimum Gasteiger partial charge on any atom is -0.506 e. The molecule has 0 aliphatic rings. The van der Waals surface area contributed by atoms with E-state index in [9.17, 15) is 9.90 Å². The molecule has 1 rings (SSSR count). The molecule has 1 amide bonds. The molecule has 12 heavy (non-hydrogen) atoms. The smallest absolute Gasteiger partial charge is 0.409 e. The van der Waals surface area contributed by atoms with Crippen LogP contribution < -0.4 is 5.32 Å². The second-order valence-electron chi connectivity index (χ2n) is 2.09. The van der Waals surface area contributed by atoms with Crippen molar-refractivity contribution in [3.8, 4) is 5.75 Å². The maximum atomic E-state index is 10.2. The van der Waals surface area contributed by atoms with Gasteiger partial charge in [-0.3, -0.25) is 5.32 Å². The molecular formula is C7H6BrNO3. The average Bonchev–Trinajstić information content (AvgIpc) is 1.94. The number of amides is 1. The quantitative estimate of drug-likeness (QED) is 0.650. The Morgan fingerprint density at radius 2 is 2.17 bits per heavy atom. The van der Waals surface area contributed by atoms with Crippen molar-refractivity contribution in [2.24, 2.45) is 0 Å². The lowest BCUT2D eigenvalue weighted by Gasteiger charge is -2.03. The molecule has 0 aromatic heterocycles. The molecule has 0 aliphatic carbocycles. The zero-order chi connectivity index (χ0) is 9.14. The number of carbonyl (C=O) groups is 1. The van der Waals surface area contributed by atoms with Crippen LogP contribution in [0.2, 0.25) is 0 Å². The van der Waals surface area contributed by atoms with E-state index in [0.717, 1.165) is 0 Å². The summed E-state index contributed by atoms with van der Waals surface area (Å²) in [5.41, 5.74) is 0.172. The van der Waals surface area contributed by atoms with Gasteiger partial charge in [-0.1, -0.05) is 15.9 Å². The van der Waals surface area contributed by atoms with Crippen LogP contribution in [0.4, 0.5) is 10.5 Å². The number of halogens is 1. The summed E-state index contributed by atoms with van der Waals surface area (Å²) in [5.74, 6) is -0.105. The lowest BCUT2D eigenvalue weighted by atomic mass is 10.3. The number of aromatic hydroxyl groups is 1. The van der Waals surface area contributed by atoms with Crippen LogP contribution in [-0.4, -0.2) is 16.3 Å². The Labute approximate surface area is 77.0 Å². The molecule has 0 heterocycles. The Hall–Kier alpha value is -1.23. The van der Waals surface area contributed by atoms with Gasteiger partial charge in [0.25, 0.3) is 0 Å². The molecule has 0 atom stereocenters. The van der Waals surface area contributed by atoms with E-state index in [-0.39, 0.29) is 11.4 Å². The fraction of sp³-hybridized carbons (Fsp3) is 0. The van der Waals surface area contributed by atoms with E-state index in [1.54, 1.807) is 6.07 Å². The van der Waals surface area contributed by atoms with Gasteiger partial charge < -0.3 is 10.2 Å². The number of benzene rings is 1. The average molecular weight is 232 g/mol. The number of hydrogen-bond donors (Lipinski definition) is 3. The summed E-state index contributed by atoms with van der Waals surface area (Å²) in [6.45, 7) is 0. The number of rotatable bonds is 1. The van der Waals surface area contributed by atoms with Crippen LogP contribution in [-0.2, 0) is 0 Å². The van der Waals surface area contributed by atoms with Crippen molar-refractivity contribution in [2.45, 2.75) is 0 Å². The van der Waals surface area contributed by atoms with E-state index in [2.05, 4.69) is 15.9 Å². The van der Waals surface area contributed by atoms with Gasteiger partial charge in [0.1, 0.15) is 5.75 Å². The van der Waals surface area contributed by atoms with Gasteiger partial charge >= 0.3 is 6.09 Å². The third-order valence-corrected chi connectivity index (χ3v) is 1.69. The van der Waals surface area contributed by atoms with E-state index in [4.69, 9.17) is 5.11 Å². The molecule has 0 radical (unpaired) electrons. The van der Waals surface area contributed by atoms with Crippen molar-refractivity contribution in [2.75, 3.05) is 5.32 Å². The number of phenols is 1. The van der Waals surface area contributed by atoms with Crippen molar-refractivity contribution in [3.05, 3.63) is 22.7 Å². The number of hydrogen-bond acceptors (Lipinski definition) is 2. The van der Waals surface area contributed by atoms with E-state index < -0.39 is 6.09 Å². The Balaban J connectivity index is 2.93. The van der Waals surface area contributed by atoms with Gasteiger partial charge in [-0.25, -0.2) is 4.79 Å². The Kier molecular flexibility index (Phi) is 2.54. The molecule has 0 spiro atoms. The van der Waals surface area contributed by atoms with Gasteiger partial charge in [-0.2, -0.15) is 0 Å². The molecule has 0 bridgehead atoms. The first-order valence-corrected chi connectivity index (χ1v) is 3.87. The predicted molar refractivity (Wildman–Crippen MR) is 47.5 cm³/mol. The minimum atomic E-state index is -1.20. The second-order valence-corrected chi connectivity index (χ2v) is 3.01. The summed E-state index contributed by atoms with van der Waals surface area (Å²) in [4.78, 5) is 10.2. The largest absolute Gasteiger partial charge is 0.506 e. The summed E-state index contributed by atoms with van der Waals surface area (Å²) >= 11 is 3.13. The highest BCUT2D eigenvalue weighted by atomic mass is 79.9. The van der Waals surface area contributed by atoms with Gasteiger partial charge in [-0.05, 0) is 18.2 Å². The zero-order valence-corrected chi connectivity index (χ0v) is 7.50. The molecule has 4 nitrogen and oxygen atoms in total. The van der Waals surface area contributed by atoms with Gasteiger partial charge in [0.15, 0.2) is 0 Å². The van der Waals surface area contributed by atoms with Crippen LogP contribution >= 0.6 is 15.9 Å². The van der Waals surface area contributed by atoms with Crippen LogP contribution in [0, 0.1) is 0 Å². The first-order valence-electron chi connectivity index (χ1n) is 3.08. The van der Waals surface area contributed by atoms with Crippen molar-refractivity contribution in [1.29, 1.82) is 0 Å². The Bertz CT molecular complexity index is 314. The molecule has 0 saturated heterocycles. The summed E-state index contributed by atoms with van der Waals surface area (Å²) in [5, 5.41) is 19.6. The molecule has 0 aliphatic heterocycles. The van der Waals surface area contributed by atoms with Crippen molar-refractivity contribution in [1.82, 2.24) is 0 Å². The summed E-state index contributed by atoms with van der Waals surface area (Å²) in [7, 11) is 0. The summed E-state index contributed by atoms with van der Waals surface area (Å²) in [6.07, 6.45) is -1.20. The molecule has 0 unspecified atom stereocenters. The third-order valence-electron chi connectivity index (χ3n) is 1.20. The molecule has 0 fully saturated rings. The lowest BCUT2D eigenvalue weighted by molar-refractivity contribution is 0.209. The summed E-state index contributed by atoms with van der Waals surface area (Å²) < 4.78 is 0.691. The Morgan fingerprint density at radius 1 is 1.50 bits per heavy atom. The standard InChI is InChI=1S/C7H6BrNO3/c8-4-1-2-5(6(10)3-4)9-7(11)12/h1-3,9-10H,(H,11,12). The SMILES string of the molecule is O=C(O)Nc1ccc(Br)cc1O. The van der Waals surface area contributed by atoms with Crippen molar-refractivity contribution in [3.63, 3.8) is 0 Å². The molecule has 1 aromatic rings. The van der Waals surface area contributed by atoms with Gasteiger partial charge in [0, 0.05) is 4.47 Å². The highest BCUT2D eigenvalue weighted by molar-refractivity contribution is 9.10. The molecule has 0 saturated carbocycles. The number of carboxylic acid groups (broad SMARTS) is 1. The summed E-state index contributed by atoms with van der Waals surface area (Å²) in [6, 6.07) is 4.50. The van der Waals surface area contributed by atoms with Crippen LogP contribution in [0.5, 0.6) is 5.75 Å². The van der Waals surface area contributed by atoms with Crippen molar-refractivity contribution < 1.29 is 15.0 Å². The molecule has 64 valence electrons. The Morgan fingerprint density at radius 3 is 2.67 bits per heavy atom. The van der Waals surface area contributed by atoms with Crippen LogP contribution in [0.3, 0.4) is 0 Å². The second kappa shape index (κ2) is 3.44. The molecular weight excluding hydrogens is 226 g/mol. The zero-order valence-electron chi connectivity index (χ0n) is 5.91. The fourth-order valence-corrected chi connectivity index (χ4v) is 1.07.